The van der Waals surface area contributed by atoms with E-state index in [-0.39, 0.29) is 11.9 Å². The fourth-order valence-corrected chi connectivity index (χ4v) is 2.11. The maximum atomic E-state index is 11.3. The molecule has 1 heterocycles. The zero-order valence-electron chi connectivity index (χ0n) is 8.88. The van der Waals surface area contributed by atoms with Crippen molar-refractivity contribution in [3.8, 4) is 0 Å². The summed E-state index contributed by atoms with van der Waals surface area (Å²) in [7, 11) is 0. The van der Waals surface area contributed by atoms with Gasteiger partial charge in [0.2, 0.25) is 0 Å². The zero-order valence-corrected chi connectivity index (χ0v) is 8.88. The number of cyclic esters (lactones) is 1. The second-order valence-electron chi connectivity index (χ2n) is 4.20. The summed E-state index contributed by atoms with van der Waals surface area (Å²) in [5, 5.41) is 0. The van der Waals surface area contributed by atoms with Crippen molar-refractivity contribution in [1.82, 2.24) is 0 Å². The first-order chi connectivity index (χ1) is 6.16. The lowest BCUT2D eigenvalue weighted by Gasteiger charge is -2.33. The maximum absolute atomic E-state index is 11.3. The monoisotopic (exact) mass is 184 g/mol. The van der Waals surface area contributed by atoms with Gasteiger partial charge in [-0.1, -0.05) is 33.6 Å². The van der Waals surface area contributed by atoms with E-state index in [1.54, 1.807) is 0 Å². The van der Waals surface area contributed by atoms with Crippen molar-refractivity contribution in [3.05, 3.63) is 0 Å². The highest BCUT2D eigenvalue weighted by Crippen LogP contribution is 2.31. The summed E-state index contributed by atoms with van der Waals surface area (Å²) in [6.45, 7) is 7.00. The van der Waals surface area contributed by atoms with Crippen molar-refractivity contribution in [2.75, 3.05) is 6.61 Å². The summed E-state index contributed by atoms with van der Waals surface area (Å²) in [4.78, 5) is 11.3. The maximum Gasteiger partial charge on any atom is 0.308 e. The van der Waals surface area contributed by atoms with E-state index in [4.69, 9.17) is 4.74 Å². The second kappa shape index (κ2) is 4.64. The number of hydrogen-bond donors (Lipinski definition) is 0. The molecule has 1 fully saturated rings. The highest BCUT2D eigenvalue weighted by Gasteiger charge is 2.34. The minimum absolute atomic E-state index is 0.000738. The summed E-state index contributed by atoms with van der Waals surface area (Å²) < 4.78 is 5.07. The molecule has 0 aromatic carbocycles. The average molecular weight is 184 g/mol. The van der Waals surface area contributed by atoms with Gasteiger partial charge in [0.1, 0.15) is 0 Å². The average Bonchev–Trinajstić information content (AvgIpc) is 2.12. The number of rotatable bonds is 3. The van der Waals surface area contributed by atoms with Gasteiger partial charge in [0.15, 0.2) is 0 Å². The largest absolute Gasteiger partial charge is 0.465 e. The van der Waals surface area contributed by atoms with Gasteiger partial charge in [-0.2, -0.15) is 0 Å². The molecule has 1 aliphatic rings. The Hall–Kier alpha value is -0.530. The van der Waals surface area contributed by atoms with Crippen LogP contribution in [0.3, 0.4) is 0 Å². The van der Waals surface area contributed by atoms with Crippen LogP contribution in [0.25, 0.3) is 0 Å². The third-order valence-corrected chi connectivity index (χ3v) is 3.12. The van der Waals surface area contributed by atoms with Gasteiger partial charge in [0, 0.05) is 0 Å². The smallest absolute Gasteiger partial charge is 0.308 e. The molecule has 0 amide bonds. The predicted octanol–water partition coefficient (Wildman–Crippen LogP) is 2.62. The Morgan fingerprint density at radius 1 is 1.46 bits per heavy atom. The normalized spacial score (nSPS) is 34.4. The fourth-order valence-electron chi connectivity index (χ4n) is 2.11. The second-order valence-corrected chi connectivity index (χ2v) is 4.20. The number of ether oxygens (including phenoxy) is 1. The third-order valence-electron chi connectivity index (χ3n) is 3.12. The van der Waals surface area contributed by atoms with Gasteiger partial charge in [-0.05, 0) is 18.3 Å². The van der Waals surface area contributed by atoms with Gasteiger partial charge in [-0.15, -0.1) is 0 Å². The van der Waals surface area contributed by atoms with Crippen LogP contribution in [-0.2, 0) is 9.53 Å². The Morgan fingerprint density at radius 3 is 2.77 bits per heavy atom. The van der Waals surface area contributed by atoms with E-state index < -0.39 is 0 Å². The summed E-state index contributed by atoms with van der Waals surface area (Å²) in [5.41, 5.74) is 0. The van der Waals surface area contributed by atoms with Crippen LogP contribution >= 0.6 is 0 Å². The molecule has 0 spiro atoms. The Morgan fingerprint density at radius 2 is 2.15 bits per heavy atom. The Balaban J connectivity index is 2.50. The lowest BCUT2D eigenvalue weighted by molar-refractivity contribution is -0.160. The molecule has 0 aromatic heterocycles. The van der Waals surface area contributed by atoms with E-state index in [0.29, 0.717) is 18.4 Å². The molecule has 0 saturated carbocycles. The number of hydrogen-bond acceptors (Lipinski definition) is 2. The van der Waals surface area contributed by atoms with Crippen molar-refractivity contribution in [1.29, 1.82) is 0 Å². The molecular weight excluding hydrogens is 164 g/mol. The van der Waals surface area contributed by atoms with E-state index in [1.165, 1.54) is 19.3 Å². The standard InChI is InChI=1S/C11H20O2/c1-4-5-6-10-8(2)7-13-11(12)9(10)3/h8-10H,4-7H2,1-3H3. The van der Waals surface area contributed by atoms with Crippen molar-refractivity contribution >= 4 is 5.97 Å². The molecule has 2 nitrogen and oxygen atoms in total. The van der Waals surface area contributed by atoms with E-state index >= 15 is 0 Å². The van der Waals surface area contributed by atoms with Crippen LogP contribution in [0.15, 0.2) is 0 Å². The quantitative estimate of drug-likeness (QED) is 0.630. The SMILES string of the molecule is CCCCC1C(C)COC(=O)C1C. The van der Waals surface area contributed by atoms with Crippen molar-refractivity contribution in [2.24, 2.45) is 17.8 Å². The van der Waals surface area contributed by atoms with E-state index in [1.807, 2.05) is 6.92 Å². The molecule has 0 N–H and O–H groups in total. The van der Waals surface area contributed by atoms with Gasteiger partial charge in [-0.3, -0.25) is 4.79 Å². The van der Waals surface area contributed by atoms with Crippen LogP contribution in [0.5, 0.6) is 0 Å². The lowest BCUT2D eigenvalue weighted by Crippen LogP contribution is -2.36. The molecule has 1 saturated heterocycles. The summed E-state index contributed by atoms with van der Waals surface area (Å²) in [6, 6.07) is 0. The van der Waals surface area contributed by atoms with Crippen molar-refractivity contribution in [2.45, 2.75) is 40.0 Å². The van der Waals surface area contributed by atoms with Crippen molar-refractivity contribution < 1.29 is 9.53 Å². The van der Waals surface area contributed by atoms with Crippen molar-refractivity contribution in [3.63, 3.8) is 0 Å². The molecule has 0 radical (unpaired) electrons. The minimum atomic E-state index is -0.000738. The number of carbonyl (C=O) groups excluding carboxylic acids is 1. The van der Waals surface area contributed by atoms with Gasteiger partial charge in [0.05, 0.1) is 12.5 Å². The first-order valence-electron chi connectivity index (χ1n) is 5.33. The summed E-state index contributed by atoms with van der Waals surface area (Å²) >= 11 is 0. The number of carbonyl (C=O) groups is 1. The molecule has 0 bridgehead atoms. The minimum Gasteiger partial charge on any atom is -0.465 e. The fraction of sp³-hybridized carbons (Fsp3) is 0.909. The first kappa shape index (κ1) is 10.6. The Bertz CT molecular complexity index is 177. The summed E-state index contributed by atoms with van der Waals surface area (Å²) in [6.07, 6.45) is 3.62. The summed E-state index contributed by atoms with van der Waals surface area (Å²) in [5.74, 6) is 1.19. The Labute approximate surface area is 80.7 Å². The highest BCUT2D eigenvalue weighted by molar-refractivity contribution is 5.73. The van der Waals surface area contributed by atoms with Crippen LogP contribution in [0.1, 0.15) is 40.0 Å². The topological polar surface area (TPSA) is 26.3 Å². The van der Waals surface area contributed by atoms with Crippen LogP contribution in [0.2, 0.25) is 0 Å². The van der Waals surface area contributed by atoms with E-state index in [0.717, 1.165) is 0 Å². The molecule has 1 aliphatic heterocycles. The molecule has 2 heteroatoms. The molecule has 76 valence electrons. The van der Waals surface area contributed by atoms with Crippen LogP contribution in [0.4, 0.5) is 0 Å². The highest BCUT2D eigenvalue weighted by atomic mass is 16.5. The van der Waals surface area contributed by atoms with Gasteiger partial charge < -0.3 is 4.74 Å². The molecule has 3 atom stereocenters. The van der Waals surface area contributed by atoms with Crippen LogP contribution in [0, 0.1) is 17.8 Å². The van der Waals surface area contributed by atoms with Gasteiger partial charge in [-0.25, -0.2) is 0 Å². The number of unbranched alkanes of at least 4 members (excludes halogenated alkanes) is 1. The zero-order chi connectivity index (χ0) is 9.84. The third kappa shape index (κ3) is 2.45. The van der Waals surface area contributed by atoms with Gasteiger partial charge in [0.25, 0.3) is 0 Å². The van der Waals surface area contributed by atoms with Crippen LogP contribution in [-0.4, -0.2) is 12.6 Å². The Kier molecular flexibility index (Phi) is 3.76. The molecule has 1 rings (SSSR count). The first-order valence-corrected chi connectivity index (χ1v) is 5.33. The molecular formula is C11H20O2. The van der Waals surface area contributed by atoms with E-state index in [2.05, 4.69) is 13.8 Å². The molecule has 13 heavy (non-hydrogen) atoms. The van der Waals surface area contributed by atoms with Gasteiger partial charge >= 0.3 is 5.97 Å². The molecule has 0 aliphatic carbocycles. The van der Waals surface area contributed by atoms with E-state index in [9.17, 15) is 4.79 Å². The predicted molar refractivity (Wildman–Crippen MR) is 52.3 cm³/mol. The van der Waals surface area contributed by atoms with Crippen LogP contribution < -0.4 is 0 Å². The lowest BCUT2D eigenvalue weighted by atomic mass is 9.79. The number of esters is 1. The molecule has 3 unspecified atom stereocenters. The molecule has 0 aromatic rings.